The van der Waals surface area contributed by atoms with Crippen LogP contribution in [0.25, 0.3) is 0 Å². The molecule has 0 saturated carbocycles. The molecule has 0 bridgehead atoms. The van der Waals surface area contributed by atoms with Crippen LogP contribution in [0.3, 0.4) is 0 Å². The summed E-state index contributed by atoms with van der Waals surface area (Å²) in [5.74, 6) is 0.698. The average Bonchev–Trinajstić information content (AvgIpc) is 2.23. The molecule has 1 aliphatic carbocycles. The van der Waals surface area contributed by atoms with Gasteiger partial charge in [-0.25, -0.2) is 0 Å². The highest BCUT2D eigenvalue weighted by Gasteiger charge is 2.36. The summed E-state index contributed by atoms with van der Waals surface area (Å²) in [6, 6.07) is 0. The van der Waals surface area contributed by atoms with Gasteiger partial charge in [0.05, 0.1) is 0 Å². The molecule has 2 unspecified atom stereocenters. The normalized spacial score (nSPS) is 29.7. The first-order valence-electron chi connectivity index (χ1n) is 4.61. The van der Waals surface area contributed by atoms with Crippen molar-refractivity contribution in [1.29, 1.82) is 0 Å². The van der Waals surface area contributed by atoms with Crippen LogP contribution in [0, 0.1) is 17.3 Å². The van der Waals surface area contributed by atoms with Gasteiger partial charge in [-0.15, -0.1) is 0 Å². The molecule has 0 aromatic carbocycles. The third kappa shape index (κ3) is 1.60. The Hall–Kier alpha value is -0.590. The Morgan fingerprint density at radius 3 is 2.58 bits per heavy atom. The van der Waals surface area contributed by atoms with Gasteiger partial charge in [0.1, 0.15) is 6.29 Å². The van der Waals surface area contributed by atoms with E-state index in [-0.39, 0.29) is 11.3 Å². The van der Waals surface area contributed by atoms with E-state index in [2.05, 4.69) is 26.8 Å². The van der Waals surface area contributed by atoms with Crippen LogP contribution in [0.5, 0.6) is 0 Å². The van der Waals surface area contributed by atoms with E-state index in [1.165, 1.54) is 5.57 Å². The molecular weight excluding hydrogens is 148 g/mol. The van der Waals surface area contributed by atoms with Gasteiger partial charge in [0.25, 0.3) is 0 Å². The minimum atomic E-state index is 0.189. The van der Waals surface area contributed by atoms with Crippen molar-refractivity contribution in [3.8, 4) is 0 Å². The molecule has 0 aromatic rings. The minimum absolute atomic E-state index is 0.189. The fraction of sp³-hybridized carbons (Fsp3) is 0.727. The second kappa shape index (κ2) is 3.04. The SMILES string of the molecule is CC1=CC(C)(C)C(C(C)C=O)C1. The zero-order chi connectivity index (χ0) is 9.35. The zero-order valence-electron chi connectivity index (χ0n) is 8.42. The molecule has 0 fully saturated rings. The first kappa shape index (κ1) is 9.50. The Morgan fingerprint density at radius 2 is 2.25 bits per heavy atom. The standard InChI is InChI=1S/C11H18O/c1-8-5-10(9(2)7-12)11(3,4)6-8/h6-7,9-10H,5H2,1-4H3. The summed E-state index contributed by atoms with van der Waals surface area (Å²) < 4.78 is 0. The molecule has 0 saturated heterocycles. The van der Waals surface area contributed by atoms with Gasteiger partial charge in [-0.05, 0) is 24.7 Å². The van der Waals surface area contributed by atoms with Gasteiger partial charge in [0, 0.05) is 5.92 Å². The summed E-state index contributed by atoms with van der Waals surface area (Å²) in [6.45, 7) is 8.60. The van der Waals surface area contributed by atoms with E-state index in [1.54, 1.807) is 0 Å². The van der Waals surface area contributed by atoms with Crippen LogP contribution < -0.4 is 0 Å². The van der Waals surface area contributed by atoms with Crippen molar-refractivity contribution in [2.45, 2.75) is 34.1 Å². The van der Waals surface area contributed by atoms with Gasteiger partial charge in [-0.1, -0.05) is 32.4 Å². The fourth-order valence-electron chi connectivity index (χ4n) is 2.37. The Balaban J connectivity index is 2.78. The monoisotopic (exact) mass is 166 g/mol. The van der Waals surface area contributed by atoms with Gasteiger partial charge >= 0.3 is 0 Å². The van der Waals surface area contributed by atoms with Gasteiger partial charge in [-0.3, -0.25) is 0 Å². The van der Waals surface area contributed by atoms with Crippen LogP contribution >= 0.6 is 0 Å². The summed E-state index contributed by atoms with van der Waals surface area (Å²) in [4.78, 5) is 10.7. The predicted molar refractivity (Wildman–Crippen MR) is 50.9 cm³/mol. The molecule has 68 valence electrons. The van der Waals surface area contributed by atoms with Crippen LogP contribution in [-0.2, 0) is 4.79 Å². The van der Waals surface area contributed by atoms with Crippen LogP contribution in [-0.4, -0.2) is 6.29 Å². The van der Waals surface area contributed by atoms with Crippen LogP contribution in [0.4, 0.5) is 0 Å². The van der Waals surface area contributed by atoms with Crippen molar-refractivity contribution in [2.75, 3.05) is 0 Å². The van der Waals surface area contributed by atoms with E-state index in [1.807, 2.05) is 6.92 Å². The first-order chi connectivity index (χ1) is 5.47. The van der Waals surface area contributed by atoms with Crippen LogP contribution in [0.2, 0.25) is 0 Å². The second-order valence-electron chi connectivity index (χ2n) is 4.62. The van der Waals surface area contributed by atoms with E-state index < -0.39 is 0 Å². The number of allylic oxidation sites excluding steroid dienone is 2. The van der Waals surface area contributed by atoms with E-state index in [9.17, 15) is 4.79 Å². The quantitative estimate of drug-likeness (QED) is 0.455. The largest absolute Gasteiger partial charge is 0.303 e. The maximum absolute atomic E-state index is 10.7. The summed E-state index contributed by atoms with van der Waals surface area (Å²) in [6.07, 6.45) is 4.48. The molecule has 0 aliphatic heterocycles. The highest BCUT2D eigenvalue weighted by atomic mass is 16.1. The summed E-state index contributed by atoms with van der Waals surface area (Å²) in [5.41, 5.74) is 1.64. The first-order valence-corrected chi connectivity index (χ1v) is 4.61. The number of hydrogen-bond acceptors (Lipinski definition) is 1. The number of aldehydes is 1. The maximum Gasteiger partial charge on any atom is 0.123 e. The molecule has 1 nitrogen and oxygen atoms in total. The van der Waals surface area contributed by atoms with Gasteiger partial charge < -0.3 is 4.79 Å². The molecule has 0 spiro atoms. The summed E-state index contributed by atoms with van der Waals surface area (Å²) >= 11 is 0. The van der Waals surface area contributed by atoms with E-state index in [4.69, 9.17) is 0 Å². The highest BCUT2D eigenvalue weighted by molar-refractivity contribution is 5.54. The van der Waals surface area contributed by atoms with E-state index >= 15 is 0 Å². The van der Waals surface area contributed by atoms with Gasteiger partial charge in [-0.2, -0.15) is 0 Å². The minimum Gasteiger partial charge on any atom is -0.303 e. The van der Waals surface area contributed by atoms with Crippen molar-refractivity contribution in [2.24, 2.45) is 17.3 Å². The Morgan fingerprint density at radius 1 is 1.67 bits per heavy atom. The smallest absolute Gasteiger partial charge is 0.123 e. The van der Waals surface area contributed by atoms with Crippen molar-refractivity contribution >= 4 is 6.29 Å². The predicted octanol–water partition coefficient (Wildman–Crippen LogP) is 2.81. The van der Waals surface area contributed by atoms with E-state index in [0.717, 1.165) is 12.7 Å². The van der Waals surface area contributed by atoms with Crippen molar-refractivity contribution in [3.05, 3.63) is 11.6 Å². The molecular formula is C11H18O. The molecule has 0 N–H and O–H groups in total. The molecule has 0 radical (unpaired) electrons. The van der Waals surface area contributed by atoms with Crippen LogP contribution in [0.1, 0.15) is 34.1 Å². The van der Waals surface area contributed by atoms with Gasteiger partial charge in [0.2, 0.25) is 0 Å². The van der Waals surface area contributed by atoms with Crippen molar-refractivity contribution in [3.63, 3.8) is 0 Å². The summed E-state index contributed by atoms with van der Waals surface area (Å²) in [5, 5.41) is 0. The molecule has 1 aliphatic rings. The number of carbonyl (C=O) groups excluding carboxylic acids is 1. The fourth-order valence-corrected chi connectivity index (χ4v) is 2.37. The van der Waals surface area contributed by atoms with E-state index in [0.29, 0.717) is 5.92 Å². The maximum atomic E-state index is 10.7. The topological polar surface area (TPSA) is 17.1 Å². The molecule has 0 amide bonds. The zero-order valence-corrected chi connectivity index (χ0v) is 8.42. The third-order valence-electron chi connectivity index (χ3n) is 2.97. The number of rotatable bonds is 2. The third-order valence-corrected chi connectivity index (χ3v) is 2.97. The lowest BCUT2D eigenvalue weighted by Gasteiger charge is -2.28. The van der Waals surface area contributed by atoms with Crippen molar-refractivity contribution < 1.29 is 4.79 Å². The van der Waals surface area contributed by atoms with Crippen molar-refractivity contribution in [1.82, 2.24) is 0 Å². The molecule has 1 heteroatoms. The lowest BCUT2D eigenvalue weighted by molar-refractivity contribution is -0.112. The van der Waals surface area contributed by atoms with Gasteiger partial charge in [0.15, 0.2) is 0 Å². The Bertz CT molecular complexity index is 213. The average molecular weight is 166 g/mol. The lowest BCUT2D eigenvalue weighted by Crippen LogP contribution is -2.24. The number of hydrogen-bond donors (Lipinski definition) is 0. The Kier molecular flexibility index (Phi) is 2.41. The van der Waals surface area contributed by atoms with Crippen LogP contribution in [0.15, 0.2) is 11.6 Å². The molecule has 2 atom stereocenters. The number of carbonyl (C=O) groups is 1. The lowest BCUT2D eigenvalue weighted by atomic mass is 9.75. The Labute approximate surface area is 74.9 Å². The highest BCUT2D eigenvalue weighted by Crippen LogP contribution is 2.44. The molecule has 12 heavy (non-hydrogen) atoms. The molecule has 0 heterocycles. The molecule has 1 rings (SSSR count). The second-order valence-corrected chi connectivity index (χ2v) is 4.62. The summed E-state index contributed by atoms with van der Waals surface area (Å²) in [7, 11) is 0. The molecule has 0 aromatic heterocycles.